The summed E-state index contributed by atoms with van der Waals surface area (Å²) in [7, 11) is 0. The molecule has 1 unspecified atom stereocenters. The predicted octanol–water partition coefficient (Wildman–Crippen LogP) is 5.85. The minimum atomic E-state index is -1.03. The van der Waals surface area contributed by atoms with E-state index in [0.29, 0.717) is 36.2 Å². The highest BCUT2D eigenvalue weighted by atomic mass is 16.6. The molecular formula is C36H60O6. The van der Waals surface area contributed by atoms with Gasteiger partial charge in [-0.2, -0.15) is 0 Å². The summed E-state index contributed by atoms with van der Waals surface area (Å²) in [5, 5.41) is 41.9. The van der Waals surface area contributed by atoms with Gasteiger partial charge in [-0.05, 0) is 128 Å². The highest BCUT2D eigenvalue weighted by Crippen LogP contribution is 2.77. The van der Waals surface area contributed by atoms with E-state index >= 15 is 0 Å². The minimum Gasteiger partial charge on any atom is -0.394 e. The maximum atomic E-state index is 11.0. The molecule has 0 radical (unpaired) electrons. The lowest BCUT2D eigenvalue weighted by molar-refractivity contribution is -0.264. The van der Waals surface area contributed by atoms with Gasteiger partial charge in [0.05, 0.1) is 25.4 Å². The van der Waals surface area contributed by atoms with E-state index in [1.807, 2.05) is 0 Å². The Kier molecular flexibility index (Phi) is 7.89. The zero-order valence-corrected chi connectivity index (χ0v) is 27.3. The van der Waals surface area contributed by atoms with Crippen LogP contribution in [0, 0.1) is 56.7 Å². The van der Waals surface area contributed by atoms with Crippen LogP contribution in [0.1, 0.15) is 112 Å². The summed E-state index contributed by atoms with van der Waals surface area (Å²) in [5.74, 6) is 2.86. The number of fused-ring (bicyclic) bond motifs is 7. The third-order valence-corrected chi connectivity index (χ3v) is 15.5. The highest BCUT2D eigenvalue weighted by Gasteiger charge is 2.71. The molecule has 14 atom stereocenters. The maximum Gasteiger partial charge on any atom is 0.157 e. The molecule has 1 aliphatic heterocycles. The first-order valence-electron chi connectivity index (χ1n) is 17.2. The molecule has 0 aromatic heterocycles. The van der Waals surface area contributed by atoms with Crippen molar-refractivity contribution in [3.63, 3.8) is 0 Å². The van der Waals surface area contributed by atoms with Gasteiger partial charge in [-0.3, -0.25) is 0 Å². The Morgan fingerprint density at radius 1 is 0.857 bits per heavy atom. The number of rotatable bonds is 5. The van der Waals surface area contributed by atoms with E-state index in [1.165, 1.54) is 37.7 Å². The number of aliphatic hydroxyl groups excluding tert-OH is 4. The van der Waals surface area contributed by atoms with E-state index in [0.717, 1.165) is 32.1 Å². The van der Waals surface area contributed by atoms with Crippen molar-refractivity contribution in [2.45, 2.75) is 143 Å². The number of ether oxygens (including phenoxy) is 2. The predicted molar refractivity (Wildman–Crippen MR) is 163 cm³/mol. The Bertz CT molecular complexity index is 1040. The van der Waals surface area contributed by atoms with Crippen molar-refractivity contribution < 1.29 is 29.9 Å². The number of aliphatic hydroxyl groups is 4. The van der Waals surface area contributed by atoms with Crippen LogP contribution in [0.3, 0.4) is 0 Å². The summed E-state index contributed by atoms with van der Waals surface area (Å²) < 4.78 is 11.9. The van der Waals surface area contributed by atoms with Gasteiger partial charge in [0.1, 0.15) is 12.2 Å². The van der Waals surface area contributed by atoms with Crippen molar-refractivity contribution in [2.24, 2.45) is 56.7 Å². The van der Waals surface area contributed by atoms with Crippen molar-refractivity contribution in [2.75, 3.05) is 13.2 Å². The summed E-state index contributed by atoms with van der Waals surface area (Å²) in [6, 6.07) is 0. The summed E-state index contributed by atoms with van der Waals surface area (Å²) in [6.07, 6.45) is 8.41. The third kappa shape index (κ3) is 4.31. The van der Waals surface area contributed by atoms with Gasteiger partial charge < -0.3 is 29.9 Å². The normalized spacial score (nSPS) is 55.2. The summed E-state index contributed by atoms with van der Waals surface area (Å²) in [6.45, 7) is 19.6. The topological polar surface area (TPSA) is 99.4 Å². The van der Waals surface area contributed by atoms with Crippen molar-refractivity contribution in [3.8, 4) is 0 Å². The molecule has 6 heteroatoms. The van der Waals surface area contributed by atoms with Crippen molar-refractivity contribution >= 4 is 0 Å². The lowest BCUT2D eigenvalue weighted by Gasteiger charge is -2.73. The van der Waals surface area contributed by atoms with Crippen LogP contribution in [0.5, 0.6) is 0 Å². The largest absolute Gasteiger partial charge is 0.394 e. The van der Waals surface area contributed by atoms with E-state index in [4.69, 9.17) is 9.47 Å². The zero-order chi connectivity index (χ0) is 30.5. The number of hydrogen-bond donors (Lipinski definition) is 4. The van der Waals surface area contributed by atoms with E-state index in [9.17, 15) is 20.4 Å². The molecule has 0 spiro atoms. The standard InChI is InChI=1S/C36H60O6/c1-21(2)22-10-15-36(20-41-24-18-29(39)42-25(19-37)31(24)40)17-16-34(6)23(30(22)36)8-9-27-33(5)13-12-28(38)32(3,4)26(33)11-14-35(27,34)7/h22-31,37-40H,1,8-20H2,2-7H3/t22-,23+,24+,25+,26-,27+,28?,29-,30+,31+,33-,34+,35+,36+/m0/s1. The molecular weight excluding hydrogens is 528 g/mol. The van der Waals surface area contributed by atoms with Crippen molar-refractivity contribution in [3.05, 3.63) is 12.2 Å². The van der Waals surface area contributed by atoms with Crippen LogP contribution in [0.25, 0.3) is 0 Å². The molecule has 0 amide bonds. The summed E-state index contributed by atoms with van der Waals surface area (Å²) >= 11 is 0. The first-order chi connectivity index (χ1) is 19.6. The van der Waals surface area contributed by atoms with Crippen LogP contribution in [0.15, 0.2) is 12.2 Å². The minimum absolute atomic E-state index is 0.0288. The second-order valence-corrected chi connectivity index (χ2v) is 17.3. The quantitative estimate of drug-likeness (QED) is 0.301. The Morgan fingerprint density at radius 2 is 1.60 bits per heavy atom. The molecule has 4 N–H and O–H groups in total. The molecule has 6 aliphatic rings. The lowest BCUT2D eigenvalue weighted by Crippen LogP contribution is -2.67. The molecule has 240 valence electrons. The molecule has 5 saturated carbocycles. The van der Waals surface area contributed by atoms with E-state index in [2.05, 4.69) is 48.1 Å². The molecule has 6 fully saturated rings. The lowest BCUT2D eigenvalue weighted by atomic mass is 9.32. The third-order valence-electron chi connectivity index (χ3n) is 15.5. The Hall–Kier alpha value is -0.500. The van der Waals surface area contributed by atoms with Gasteiger partial charge in [0.15, 0.2) is 6.29 Å². The van der Waals surface area contributed by atoms with E-state index < -0.39 is 24.6 Å². The van der Waals surface area contributed by atoms with Gasteiger partial charge in [-0.25, -0.2) is 0 Å². The average Bonchev–Trinajstić information content (AvgIpc) is 3.32. The molecule has 0 aromatic rings. The van der Waals surface area contributed by atoms with Gasteiger partial charge in [-0.15, -0.1) is 0 Å². The summed E-state index contributed by atoms with van der Waals surface area (Å²) in [5.41, 5.74) is 2.11. The fourth-order valence-electron chi connectivity index (χ4n) is 13.0. The van der Waals surface area contributed by atoms with Crippen LogP contribution in [0.2, 0.25) is 0 Å². The number of hydrogen-bond acceptors (Lipinski definition) is 6. The van der Waals surface area contributed by atoms with Gasteiger partial charge in [0.25, 0.3) is 0 Å². The van der Waals surface area contributed by atoms with Gasteiger partial charge >= 0.3 is 0 Å². The first-order valence-corrected chi connectivity index (χ1v) is 17.2. The molecule has 42 heavy (non-hydrogen) atoms. The van der Waals surface area contributed by atoms with Crippen LogP contribution < -0.4 is 0 Å². The summed E-state index contributed by atoms with van der Waals surface area (Å²) in [4.78, 5) is 0. The van der Waals surface area contributed by atoms with Crippen LogP contribution in [0.4, 0.5) is 0 Å². The Balaban J connectivity index is 1.30. The molecule has 1 heterocycles. The van der Waals surface area contributed by atoms with Crippen LogP contribution >= 0.6 is 0 Å². The zero-order valence-electron chi connectivity index (χ0n) is 27.3. The Labute approximate surface area is 254 Å². The monoisotopic (exact) mass is 588 g/mol. The molecule has 1 saturated heterocycles. The van der Waals surface area contributed by atoms with Crippen molar-refractivity contribution in [1.29, 1.82) is 0 Å². The molecule has 5 aliphatic carbocycles. The molecule has 6 rings (SSSR count). The van der Waals surface area contributed by atoms with Gasteiger partial charge in [0, 0.05) is 6.42 Å². The Morgan fingerprint density at radius 3 is 2.29 bits per heavy atom. The molecule has 0 aromatic carbocycles. The number of allylic oxidation sites excluding steroid dienone is 1. The van der Waals surface area contributed by atoms with Crippen LogP contribution in [-0.2, 0) is 9.47 Å². The maximum absolute atomic E-state index is 11.0. The fourth-order valence-corrected chi connectivity index (χ4v) is 13.0. The second-order valence-electron chi connectivity index (χ2n) is 17.3. The van der Waals surface area contributed by atoms with Crippen molar-refractivity contribution in [1.82, 2.24) is 0 Å². The highest BCUT2D eigenvalue weighted by molar-refractivity contribution is 5.21. The smallest absolute Gasteiger partial charge is 0.157 e. The second kappa shape index (κ2) is 10.5. The fraction of sp³-hybridized carbons (Fsp3) is 0.944. The van der Waals surface area contributed by atoms with Gasteiger partial charge in [0.2, 0.25) is 0 Å². The molecule has 0 bridgehead atoms. The van der Waals surface area contributed by atoms with E-state index in [-0.39, 0.29) is 46.2 Å². The van der Waals surface area contributed by atoms with Crippen LogP contribution in [-0.4, -0.2) is 64.3 Å². The SMILES string of the molecule is C=C(C)[C@@H]1CC[C@]2(CO[C@@H]3C[C@@H](O)O[C@H](CO)[C@@H]3O)CC[C@]3(C)[C@H](CC[C@@H]4[C@@]5(C)CCC(O)C(C)(C)[C@@H]5CC[C@]43C)[C@@H]12. The average molecular weight is 589 g/mol. The van der Waals surface area contributed by atoms with Gasteiger partial charge in [-0.1, -0.05) is 46.8 Å². The van der Waals surface area contributed by atoms with E-state index in [1.54, 1.807) is 0 Å². The first kappa shape index (κ1) is 31.5. The molecule has 6 nitrogen and oxygen atoms in total.